The number of likely N-dealkylation sites (tertiary alicyclic amines) is 2. The van der Waals surface area contributed by atoms with Crippen LogP contribution in [0.5, 0.6) is 0 Å². The molecule has 5 unspecified atom stereocenters. The first-order chi connectivity index (χ1) is 19.5. The molecular formula is C36H63N2O3+. The molecule has 6 rings (SSSR count). The Kier molecular flexibility index (Phi) is 8.66. The van der Waals surface area contributed by atoms with Crippen molar-refractivity contribution in [3.05, 3.63) is 0 Å². The minimum atomic E-state index is -0.0626. The van der Waals surface area contributed by atoms with Gasteiger partial charge in [0.05, 0.1) is 26.2 Å². The van der Waals surface area contributed by atoms with Crippen molar-refractivity contribution in [2.45, 2.75) is 142 Å². The summed E-state index contributed by atoms with van der Waals surface area (Å²) in [6.45, 7) is 17.5. The molecule has 2 heterocycles. The Morgan fingerprint density at radius 3 is 2.32 bits per heavy atom. The van der Waals surface area contributed by atoms with Gasteiger partial charge in [-0.15, -0.1) is 0 Å². The molecule has 5 nitrogen and oxygen atoms in total. The highest BCUT2D eigenvalue weighted by Crippen LogP contribution is 2.67. The third kappa shape index (κ3) is 5.45. The Labute approximate surface area is 252 Å². The zero-order valence-corrected chi connectivity index (χ0v) is 27.5. The summed E-state index contributed by atoms with van der Waals surface area (Å²) in [5, 5.41) is 0. The number of nitrogens with zero attached hydrogens (tertiary/aromatic N) is 2. The normalized spacial score (nSPS) is 46.4. The first-order valence-corrected chi connectivity index (χ1v) is 17.9. The number of rotatable bonds is 6. The lowest BCUT2D eigenvalue weighted by atomic mass is 9.44. The minimum absolute atomic E-state index is 0.0626. The first-order valence-electron chi connectivity index (χ1n) is 17.9. The molecule has 5 heteroatoms. The molecule has 6 aliphatic rings. The molecule has 234 valence electrons. The Balaban J connectivity index is 1.27. The molecule has 41 heavy (non-hydrogen) atoms. The molecule has 2 aliphatic heterocycles. The van der Waals surface area contributed by atoms with Crippen LogP contribution < -0.4 is 0 Å². The molecule has 4 aliphatic carbocycles. The number of carbonyl (C=O) groups is 1. The molecule has 10 atom stereocenters. The molecular weight excluding hydrogens is 508 g/mol. The van der Waals surface area contributed by atoms with Crippen molar-refractivity contribution in [3.8, 4) is 0 Å². The number of quaternary nitrogens is 1. The van der Waals surface area contributed by atoms with Gasteiger partial charge in [0, 0.05) is 31.4 Å². The standard InChI is InChI=1S/C36H63N2O3/c1-25(2)24-40-33-21-27-13-14-28-29(36(27,5)23-31(33)37-17-9-7-10-18-37)15-16-35(4)30(28)22-32(34(35)41-26(3)39)38(6)19-11-8-12-20-38/h25,27-34H,7-24H2,1-6H3/q+1/t27?,28-,29-,30+,31?,32?,33?,34?,35+,36+/m1/s1. The smallest absolute Gasteiger partial charge is 0.303 e. The molecule has 0 N–H and O–H groups in total. The fourth-order valence-electron chi connectivity index (χ4n) is 11.9. The van der Waals surface area contributed by atoms with E-state index < -0.39 is 0 Å². The predicted molar refractivity (Wildman–Crippen MR) is 165 cm³/mol. The van der Waals surface area contributed by atoms with Gasteiger partial charge in [-0.3, -0.25) is 9.69 Å². The van der Waals surface area contributed by atoms with E-state index >= 15 is 0 Å². The lowest BCUT2D eigenvalue weighted by Gasteiger charge is -2.62. The van der Waals surface area contributed by atoms with E-state index in [1.165, 1.54) is 110 Å². The van der Waals surface area contributed by atoms with E-state index in [9.17, 15) is 4.79 Å². The van der Waals surface area contributed by atoms with Crippen LogP contribution in [0.4, 0.5) is 0 Å². The van der Waals surface area contributed by atoms with Crippen LogP contribution in [0.15, 0.2) is 0 Å². The van der Waals surface area contributed by atoms with Crippen molar-refractivity contribution in [1.82, 2.24) is 4.90 Å². The second-order valence-corrected chi connectivity index (χ2v) is 16.9. The van der Waals surface area contributed by atoms with Crippen LogP contribution in [0.1, 0.15) is 118 Å². The van der Waals surface area contributed by atoms with Crippen molar-refractivity contribution >= 4 is 5.97 Å². The molecule has 2 saturated heterocycles. The summed E-state index contributed by atoms with van der Waals surface area (Å²) in [4.78, 5) is 15.4. The summed E-state index contributed by atoms with van der Waals surface area (Å²) in [5.41, 5.74) is 0.534. The van der Waals surface area contributed by atoms with Crippen LogP contribution in [0.3, 0.4) is 0 Å². The van der Waals surface area contributed by atoms with Crippen molar-refractivity contribution in [1.29, 1.82) is 0 Å². The van der Waals surface area contributed by atoms with Gasteiger partial charge in [0.2, 0.25) is 0 Å². The van der Waals surface area contributed by atoms with Crippen LogP contribution in [-0.2, 0) is 14.3 Å². The number of ether oxygens (including phenoxy) is 2. The van der Waals surface area contributed by atoms with Gasteiger partial charge < -0.3 is 14.0 Å². The number of likely N-dealkylation sites (N-methyl/N-ethyl adjacent to an activating group) is 1. The first kappa shape index (κ1) is 30.4. The van der Waals surface area contributed by atoms with Crippen molar-refractivity contribution in [3.63, 3.8) is 0 Å². The number of fused-ring (bicyclic) bond motifs is 5. The highest BCUT2D eigenvalue weighted by Gasteiger charge is 2.67. The largest absolute Gasteiger partial charge is 0.456 e. The van der Waals surface area contributed by atoms with E-state index in [0.29, 0.717) is 35.4 Å². The lowest BCUT2D eigenvalue weighted by molar-refractivity contribution is -0.940. The molecule has 0 aromatic heterocycles. The van der Waals surface area contributed by atoms with E-state index in [0.717, 1.165) is 28.8 Å². The highest BCUT2D eigenvalue weighted by atomic mass is 16.5. The van der Waals surface area contributed by atoms with Gasteiger partial charge in [-0.25, -0.2) is 0 Å². The summed E-state index contributed by atoms with van der Waals surface area (Å²) in [5.74, 6) is 3.60. The Hall–Kier alpha value is -0.650. The van der Waals surface area contributed by atoms with Gasteiger partial charge >= 0.3 is 5.97 Å². The Morgan fingerprint density at radius 1 is 0.927 bits per heavy atom. The van der Waals surface area contributed by atoms with Crippen molar-refractivity contribution in [2.75, 3.05) is 39.8 Å². The maximum atomic E-state index is 12.5. The molecule has 0 spiro atoms. The zero-order chi connectivity index (χ0) is 29.0. The maximum Gasteiger partial charge on any atom is 0.303 e. The second-order valence-electron chi connectivity index (χ2n) is 16.9. The van der Waals surface area contributed by atoms with Gasteiger partial charge in [-0.1, -0.05) is 34.1 Å². The number of hydrogen-bond donors (Lipinski definition) is 0. The van der Waals surface area contributed by atoms with E-state index in [4.69, 9.17) is 9.47 Å². The molecule has 0 radical (unpaired) electrons. The maximum absolute atomic E-state index is 12.5. The van der Waals surface area contributed by atoms with Gasteiger partial charge in [-0.2, -0.15) is 0 Å². The third-order valence-corrected chi connectivity index (χ3v) is 14.0. The monoisotopic (exact) mass is 571 g/mol. The molecule has 0 aromatic rings. The van der Waals surface area contributed by atoms with Crippen LogP contribution in [0, 0.1) is 40.4 Å². The number of piperidine rings is 2. The lowest BCUT2D eigenvalue weighted by Crippen LogP contribution is -2.61. The van der Waals surface area contributed by atoms with Crippen LogP contribution in [0.25, 0.3) is 0 Å². The van der Waals surface area contributed by atoms with Gasteiger partial charge in [0.1, 0.15) is 6.04 Å². The molecule has 0 bridgehead atoms. The highest BCUT2D eigenvalue weighted by molar-refractivity contribution is 5.66. The Morgan fingerprint density at radius 2 is 1.63 bits per heavy atom. The summed E-state index contributed by atoms with van der Waals surface area (Å²) >= 11 is 0. The van der Waals surface area contributed by atoms with Crippen LogP contribution >= 0.6 is 0 Å². The second kappa shape index (κ2) is 11.7. The molecule has 0 amide bonds. The number of carbonyl (C=O) groups excluding carboxylic acids is 1. The van der Waals surface area contributed by atoms with E-state index in [1.54, 1.807) is 6.92 Å². The zero-order valence-electron chi connectivity index (χ0n) is 27.5. The van der Waals surface area contributed by atoms with Crippen LogP contribution in [0.2, 0.25) is 0 Å². The van der Waals surface area contributed by atoms with Crippen LogP contribution in [-0.4, -0.2) is 79.5 Å². The van der Waals surface area contributed by atoms with E-state index in [2.05, 4.69) is 39.6 Å². The van der Waals surface area contributed by atoms with Gasteiger partial charge in [0.25, 0.3) is 0 Å². The molecule has 4 saturated carbocycles. The predicted octanol–water partition coefficient (Wildman–Crippen LogP) is 7.08. The quantitative estimate of drug-likeness (QED) is 0.252. The fourth-order valence-corrected chi connectivity index (χ4v) is 11.9. The summed E-state index contributed by atoms with van der Waals surface area (Å²) < 4.78 is 14.3. The summed E-state index contributed by atoms with van der Waals surface area (Å²) in [7, 11) is 2.50. The van der Waals surface area contributed by atoms with Gasteiger partial charge in [-0.05, 0) is 119 Å². The van der Waals surface area contributed by atoms with Crippen molar-refractivity contribution < 1.29 is 18.8 Å². The summed E-state index contributed by atoms with van der Waals surface area (Å²) in [6, 6.07) is 1.06. The topological polar surface area (TPSA) is 38.8 Å². The SMILES string of the molecule is CC(=O)OC1C([N+]2(C)CCCCC2)C[C@H]2[C@@H]3CCC4CC(OCC(C)C)C(N5CCCCC5)C[C@]4(C)[C@@H]3CC[C@]12C. The average Bonchev–Trinajstić information content (AvgIpc) is 3.24. The van der Waals surface area contributed by atoms with E-state index in [1.807, 2.05) is 0 Å². The number of hydrogen-bond acceptors (Lipinski definition) is 4. The minimum Gasteiger partial charge on any atom is -0.456 e. The average molecular weight is 572 g/mol. The van der Waals surface area contributed by atoms with Gasteiger partial charge in [0.15, 0.2) is 6.10 Å². The molecule has 6 fully saturated rings. The summed E-state index contributed by atoms with van der Waals surface area (Å²) in [6.07, 6.45) is 17.8. The number of esters is 1. The van der Waals surface area contributed by atoms with Crippen molar-refractivity contribution in [2.24, 2.45) is 40.4 Å². The third-order valence-electron chi connectivity index (χ3n) is 14.0. The fraction of sp³-hybridized carbons (Fsp3) is 0.972. The molecule has 0 aromatic carbocycles. The van der Waals surface area contributed by atoms with E-state index in [-0.39, 0.29) is 17.5 Å². The Bertz CT molecular complexity index is 926.